The van der Waals surface area contributed by atoms with Gasteiger partial charge in [0.05, 0.1) is 0 Å². The first kappa shape index (κ1) is 14.5. The van der Waals surface area contributed by atoms with Crippen molar-refractivity contribution < 1.29 is 4.79 Å². The molecule has 0 aliphatic heterocycles. The van der Waals surface area contributed by atoms with Crippen molar-refractivity contribution in [3.05, 3.63) is 0 Å². The molecule has 0 unspecified atom stereocenters. The maximum absolute atomic E-state index is 11.6. The fourth-order valence-electron chi connectivity index (χ4n) is 2.35. The number of amides is 1. The smallest absolute Gasteiger partial charge is 0.221 e. The van der Waals surface area contributed by atoms with Gasteiger partial charge in [0.2, 0.25) is 5.91 Å². The van der Waals surface area contributed by atoms with Gasteiger partial charge in [0, 0.05) is 24.5 Å². The predicted molar refractivity (Wildman–Crippen MR) is 72.0 cm³/mol. The molecule has 0 heterocycles. The van der Waals surface area contributed by atoms with E-state index in [4.69, 9.17) is 0 Å². The Morgan fingerprint density at radius 1 is 1.12 bits per heavy atom. The van der Waals surface area contributed by atoms with Crippen LogP contribution in [0.5, 0.6) is 0 Å². The number of hydrogen-bond donors (Lipinski definition) is 2. The maximum Gasteiger partial charge on any atom is 0.221 e. The van der Waals surface area contributed by atoms with Gasteiger partial charge in [0.25, 0.3) is 0 Å². The number of rotatable bonds is 4. The second-order valence-electron chi connectivity index (χ2n) is 6.19. The molecule has 0 atom stereocenters. The van der Waals surface area contributed by atoms with E-state index in [-0.39, 0.29) is 11.4 Å². The third kappa shape index (κ3) is 7.37. The largest absolute Gasteiger partial charge is 0.351 e. The van der Waals surface area contributed by atoms with Gasteiger partial charge in [-0.25, -0.2) is 0 Å². The highest BCUT2D eigenvalue weighted by atomic mass is 16.1. The molecule has 0 radical (unpaired) electrons. The summed E-state index contributed by atoms with van der Waals surface area (Å²) in [5, 5.41) is 6.51. The van der Waals surface area contributed by atoms with Crippen molar-refractivity contribution in [2.45, 2.75) is 77.3 Å². The van der Waals surface area contributed by atoms with Gasteiger partial charge >= 0.3 is 0 Å². The number of nitrogens with one attached hydrogen (secondary N) is 2. The lowest BCUT2D eigenvalue weighted by Crippen LogP contribution is -2.42. The van der Waals surface area contributed by atoms with Gasteiger partial charge in [-0.2, -0.15) is 0 Å². The van der Waals surface area contributed by atoms with Crippen LogP contribution in [0.25, 0.3) is 0 Å². The lowest BCUT2D eigenvalue weighted by Gasteiger charge is -2.21. The highest BCUT2D eigenvalue weighted by Crippen LogP contribution is 2.16. The van der Waals surface area contributed by atoms with E-state index in [9.17, 15) is 4.79 Å². The van der Waals surface area contributed by atoms with E-state index in [2.05, 4.69) is 10.6 Å². The fraction of sp³-hybridized carbons (Fsp3) is 0.929. The van der Waals surface area contributed by atoms with Crippen molar-refractivity contribution in [3.8, 4) is 0 Å². The van der Waals surface area contributed by atoms with Crippen molar-refractivity contribution in [3.63, 3.8) is 0 Å². The zero-order valence-corrected chi connectivity index (χ0v) is 11.6. The number of hydrogen-bond acceptors (Lipinski definition) is 2. The third-order valence-corrected chi connectivity index (χ3v) is 3.15. The lowest BCUT2D eigenvalue weighted by molar-refractivity contribution is -0.122. The Balaban J connectivity index is 2.12. The van der Waals surface area contributed by atoms with Crippen molar-refractivity contribution in [1.29, 1.82) is 0 Å². The minimum atomic E-state index is -0.112. The van der Waals surface area contributed by atoms with Gasteiger partial charge < -0.3 is 10.6 Å². The quantitative estimate of drug-likeness (QED) is 0.742. The summed E-state index contributed by atoms with van der Waals surface area (Å²) in [6, 6.07) is 0.639. The molecule has 3 nitrogen and oxygen atoms in total. The van der Waals surface area contributed by atoms with Gasteiger partial charge in [0.1, 0.15) is 0 Å². The monoisotopic (exact) mass is 240 g/mol. The van der Waals surface area contributed by atoms with Gasteiger partial charge in [-0.1, -0.05) is 25.7 Å². The summed E-state index contributed by atoms with van der Waals surface area (Å²) in [6.45, 7) is 6.86. The predicted octanol–water partition coefficient (Wildman–Crippen LogP) is 2.60. The Bertz CT molecular complexity index is 225. The molecular formula is C14H28N2O. The van der Waals surface area contributed by atoms with Crippen molar-refractivity contribution in [1.82, 2.24) is 10.6 Å². The average molecular weight is 240 g/mol. The highest BCUT2D eigenvalue weighted by molar-refractivity contribution is 5.76. The van der Waals surface area contributed by atoms with Gasteiger partial charge in [-0.05, 0) is 33.6 Å². The van der Waals surface area contributed by atoms with Crippen LogP contribution in [0.4, 0.5) is 0 Å². The Morgan fingerprint density at radius 2 is 1.71 bits per heavy atom. The van der Waals surface area contributed by atoms with Gasteiger partial charge in [-0.3, -0.25) is 4.79 Å². The molecule has 0 aromatic carbocycles. The second-order valence-corrected chi connectivity index (χ2v) is 6.19. The molecule has 1 saturated carbocycles. The molecule has 1 rings (SSSR count). The normalized spacial score (nSPS) is 18.8. The van der Waals surface area contributed by atoms with Crippen LogP contribution in [0.1, 0.15) is 65.7 Å². The summed E-state index contributed by atoms with van der Waals surface area (Å²) in [6.07, 6.45) is 8.58. The minimum Gasteiger partial charge on any atom is -0.351 e. The molecule has 1 aliphatic rings. The molecule has 1 fully saturated rings. The first-order chi connectivity index (χ1) is 7.97. The Kier molecular flexibility index (Phi) is 5.96. The highest BCUT2D eigenvalue weighted by Gasteiger charge is 2.15. The zero-order chi connectivity index (χ0) is 12.7. The average Bonchev–Trinajstić information content (AvgIpc) is 2.43. The molecule has 3 heteroatoms. The van der Waals surface area contributed by atoms with E-state index in [0.717, 1.165) is 6.54 Å². The molecule has 2 N–H and O–H groups in total. The Morgan fingerprint density at radius 3 is 2.24 bits per heavy atom. The van der Waals surface area contributed by atoms with Gasteiger partial charge in [0.15, 0.2) is 0 Å². The molecule has 100 valence electrons. The van der Waals surface area contributed by atoms with Crippen LogP contribution in [0.2, 0.25) is 0 Å². The Hall–Kier alpha value is -0.570. The molecule has 17 heavy (non-hydrogen) atoms. The van der Waals surface area contributed by atoms with E-state index in [1.54, 1.807) is 0 Å². The second kappa shape index (κ2) is 7.00. The van der Waals surface area contributed by atoms with Crippen molar-refractivity contribution >= 4 is 5.91 Å². The molecule has 0 spiro atoms. The first-order valence-corrected chi connectivity index (χ1v) is 7.02. The summed E-state index contributed by atoms with van der Waals surface area (Å²) in [4.78, 5) is 11.6. The van der Waals surface area contributed by atoms with Crippen LogP contribution < -0.4 is 10.6 Å². The van der Waals surface area contributed by atoms with Crippen molar-refractivity contribution in [2.24, 2.45) is 0 Å². The van der Waals surface area contributed by atoms with Crippen molar-refractivity contribution in [2.75, 3.05) is 6.54 Å². The summed E-state index contributed by atoms with van der Waals surface area (Å²) >= 11 is 0. The summed E-state index contributed by atoms with van der Waals surface area (Å²) in [7, 11) is 0. The molecule has 0 saturated heterocycles. The van der Waals surface area contributed by atoms with Crippen LogP contribution >= 0.6 is 0 Å². The number of carbonyl (C=O) groups is 1. The van der Waals surface area contributed by atoms with E-state index in [1.807, 2.05) is 20.8 Å². The van der Waals surface area contributed by atoms with Crippen LogP contribution in [-0.2, 0) is 4.79 Å². The van der Waals surface area contributed by atoms with Crippen LogP contribution in [0, 0.1) is 0 Å². The summed E-state index contributed by atoms with van der Waals surface area (Å²) < 4.78 is 0. The third-order valence-electron chi connectivity index (χ3n) is 3.15. The van der Waals surface area contributed by atoms with Crippen LogP contribution in [0.15, 0.2) is 0 Å². The molecule has 0 aromatic heterocycles. The molecular weight excluding hydrogens is 212 g/mol. The number of carbonyl (C=O) groups excluding carboxylic acids is 1. The molecule has 1 amide bonds. The standard InChI is InChI=1S/C14H28N2O/c1-14(2,3)16-13(17)10-11-15-12-8-6-4-5-7-9-12/h12,15H,4-11H2,1-3H3,(H,16,17). The molecule has 0 bridgehead atoms. The summed E-state index contributed by atoms with van der Waals surface area (Å²) in [5.41, 5.74) is -0.112. The van der Waals surface area contributed by atoms with E-state index >= 15 is 0 Å². The van der Waals surface area contributed by atoms with E-state index in [0.29, 0.717) is 12.5 Å². The summed E-state index contributed by atoms with van der Waals surface area (Å²) in [5.74, 6) is 0.152. The SMILES string of the molecule is CC(C)(C)NC(=O)CCNC1CCCCCC1. The molecule has 0 aromatic rings. The van der Waals surface area contributed by atoms with E-state index < -0.39 is 0 Å². The molecule has 1 aliphatic carbocycles. The first-order valence-electron chi connectivity index (χ1n) is 7.02. The van der Waals surface area contributed by atoms with E-state index in [1.165, 1.54) is 38.5 Å². The Labute approximate surface area is 106 Å². The fourth-order valence-corrected chi connectivity index (χ4v) is 2.35. The topological polar surface area (TPSA) is 41.1 Å². The zero-order valence-electron chi connectivity index (χ0n) is 11.6. The van der Waals surface area contributed by atoms with Crippen LogP contribution in [0.3, 0.4) is 0 Å². The van der Waals surface area contributed by atoms with Gasteiger partial charge in [-0.15, -0.1) is 0 Å². The maximum atomic E-state index is 11.6. The minimum absolute atomic E-state index is 0.112. The van der Waals surface area contributed by atoms with Crippen LogP contribution in [-0.4, -0.2) is 24.0 Å². The lowest BCUT2D eigenvalue weighted by atomic mass is 10.1.